The Balaban J connectivity index is 4.89. The first-order valence-electron chi connectivity index (χ1n) is 25.0. The summed E-state index contributed by atoms with van der Waals surface area (Å²) in [5.74, 6) is 1.12. The molecule has 8 nitrogen and oxygen atoms in total. The Morgan fingerprint density at radius 1 is 0.400 bits per heavy atom. The second-order valence-corrected chi connectivity index (χ2v) is 19.6. The van der Waals surface area contributed by atoms with Crippen molar-refractivity contribution in [3.8, 4) is 0 Å². The van der Waals surface area contributed by atoms with Crippen molar-refractivity contribution in [2.45, 2.75) is 232 Å². The molecule has 0 aliphatic rings. The Morgan fingerprint density at radius 2 is 0.633 bits per heavy atom. The van der Waals surface area contributed by atoms with E-state index >= 15 is 0 Å². The molecule has 0 amide bonds. The minimum absolute atomic E-state index is 0.0883. The van der Waals surface area contributed by atoms with Gasteiger partial charge in [0, 0.05) is 50.8 Å². The summed E-state index contributed by atoms with van der Waals surface area (Å²) < 4.78 is 0. The molecule has 0 aliphatic heterocycles. The van der Waals surface area contributed by atoms with Crippen molar-refractivity contribution >= 4 is 33.8 Å². The van der Waals surface area contributed by atoms with Crippen molar-refractivity contribution in [2.75, 3.05) is 50.8 Å². The van der Waals surface area contributed by atoms with Crippen LogP contribution in [0.3, 0.4) is 0 Å². The normalized spacial score (nSPS) is 14.2. The van der Waals surface area contributed by atoms with Gasteiger partial charge in [0.1, 0.15) is 0 Å². The van der Waals surface area contributed by atoms with E-state index < -0.39 is 24.4 Å². The van der Waals surface area contributed by atoms with Crippen LogP contribution in [-0.2, 0) is 9.59 Å². The van der Waals surface area contributed by atoms with Crippen LogP contribution in [0.5, 0.6) is 0 Å². The summed E-state index contributed by atoms with van der Waals surface area (Å²) in [6.07, 6.45) is 35.9. The average Bonchev–Trinajstić information content (AvgIpc) is 3.21. The van der Waals surface area contributed by atoms with Crippen LogP contribution < -0.4 is 0 Å². The molecule has 0 spiro atoms. The second-order valence-electron chi connectivity index (χ2n) is 17.4. The number of rotatable bonds is 45. The molecule has 10 heteroatoms. The number of unbranched alkanes of at least 4 members (excludes halogenated alkanes) is 20. The van der Waals surface area contributed by atoms with Gasteiger partial charge < -0.3 is 20.4 Å². The predicted molar refractivity (Wildman–Crippen MR) is 262 cm³/mol. The Bertz CT molecular complexity index is 891. The molecule has 60 heavy (non-hydrogen) atoms. The van der Waals surface area contributed by atoms with Crippen LogP contribution >= 0.6 is 23.5 Å². The van der Waals surface area contributed by atoms with E-state index in [1.807, 2.05) is 0 Å². The van der Waals surface area contributed by atoms with Gasteiger partial charge in [-0.1, -0.05) is 217 Å². The fourth-order valence-corrected chi connectivity index (χ4v) is 9.08. The summed E-state index contributed by atoms with van der Waals surface area (Å²) in [6, 6.07) is 0. The predicted octanol–water partition coefficient (Wildman–Crippen LogP) is 11.7. The van der Waals surface area contributed by atoms with Crippen molar-refractivity contribution in [3.63, 3.8) is 0 Å². The lowest BCUT2D eigenvalue weighted by atomic mass is 10.1. The number of carbonyl (C=O) groups is 2. The molecule has 0 saturated carbocycles. The number of allylic oxidation sites excluding steroid dienone is 2. The summed E-state index contributed by atoms with van der Waals surface area (Å²) in [7, 11) is 0. The van der Waals surface area contributed by atoms with Crippen LogP contribution in [0.2, 0.25) is 0 Å². The molecule has 0 aromatic carbocycles. The Hall–Kier alpha value is -0.720. The summed E-state index contributed by atoms with van der Waals surface area (Å²) >= 11 is 2.44. The van der Waals surface area contributed by atoms with Gasteiger partial charge in [-0.05, 0) is 37.8 Å². The van der Waals surface area contributed by atoms with Crippen LogP contribution in [-0.4, -0.2) is 116 Å². The maximum atomic E-state index is 12.7. The van der Waals surface area contributed by atoms with Crippen LogP contribution in [0.1, 0.15) is 207 Å². The molecule has 0 saturated heterocycles. The van der Waals surface area contributed by atoms with E-state index in [0.717, 1.165) is 77.0 Å². The fraction of sp³-hybridized carbons (Fsp3) is 0.880. The first-order chi connectivity index (χ1) is 29.1. The highest BCUT2D eigenvalue weighted by molar-refractivity contribution is 8.14. The van der Waals surface area contributed by atoms with Crippen LogP contribution in [0, 0.1) is 0 Å². The molecular weight excluding hydrogens is 789 g/mol. The molecule has 0 fully saturated rings. The number of aliphatic hydroxyl groups is 4. The zero-order valence-electron chi connectivity index (χ0n) is 39.4. The molecule has 0 aromatic rings. The minimum atomic E-state index is -0.440. The highest BCUT2D eigenvalue weighted by Gasteiger charge is 2.18. The zero-order chi connectivity index (χ0) is 44.3. The number of carbonyl (C=O) groups excluding carboxylic acids is 2. The van der Waals surface area contributed by atoms with Gasteiger partial charge in [-0.25, -0.2) is 0 Å². The number of nitrogens with zero attached hydrogens (tertiary/aromatic N) is 2. The molecule has 4 unspecified atom stereocenters. The van der Waals surface area contributed by atoms with Crippen molar-refractivity contribution in [3.05, 3.63) is 24.3 Å². The Morgan fingerprint density at radius 3 is 0.883 bits per heavy atom. The van der Waals surface area contributed by atoms with Gasteiger partial charge in [-0.3, -0.25) is 19.4 Å². The third kappa shape index (κ3) is 41.3. The molecule has 0 rings (SSSR count). The molecule has 4 N–H and O–H groups in total. The second kappa shape index (κ2) is 44.9. The Labute approximate surface area is 379 Å². The van der Waals surface area contributed by atoms with Gasteiger partial charge in [0.25, 0.3) is 0 Å². The SMILES string of the molecule is CCCCCCCCC(O)CN(CCSC(=O)/C=C/C=C/C(=O)SCCN(CC(O)CCCCCCCC)CC(O)CCCCCCCC)CC(O)CCCCCCCC. The molecular formula is C50H96N2O6S2. The van der Waals surface area contributed by atoms with E-state index in [1.54, 1.807) is 12.2 Å². The third-order valence-corrected chi connectivity index (χ3v) is 12.9. The van der Waals surface area contributed by atoms with E-state index in [-0.39, 0.29) is 10.2 Å². The average molecular weight is 885 g/mol. The van der Waals surface area contributed by atoms with Crippen LogP contribution in [0.15, 0.2) is 24.3 Å². The van der Waals surface area contributed by atoms with Gasteiger partial charge in [0.15, 0.2) is 0 Å². The first kappa shape index (κ1) is 59.3. The maximum absolute atomic E-state index is 12.7. The van der Waals surface area contributed by atoms with Crippen LogP contribution in [0.4, 0.5) is 0 Å². The maximum Gasteiger partial charge on any atom is 0.212 e. The molecule has 0 heterocycles. The van der Waals surface area contributed by atoms with Crippen LogP contribution in [0.25, 0.3) is 0 Å². The zero-order valence-corrected chi connectivity index (χ0v) is 41.0. The lowest BCUT2D eigenvalue weighted by Gasteiger charge is -2.27. The number of thioether (sulfide) groups is 2. The molecule has 0 aliphatic carbocycles. The highest BCUT2D eigenvalue weighted by atomic mass is 32.2. The summed E-state index contributed by atoms with van der Waals surface area (Å²) in [5, 5.41) is 43.1. The lowest BCUT2D eigenvalue weighted by molar-refractivity contribution is -0.107. The Kier molecular flexibility index (Phi) is 44.3. The van der Waals surface area contributed by atoms with E-state index in [9.17, 15) is 30.0 Å². The van der Waals surface area contributed by atoms with Gasteiger partial charge in [-0.15, -0.1) is 0 Å². The van der Waals surface area contributed by atoms with E-state index in [0.29, 0.717) is 50.8 Å². The summed E-state index contributed by atoms with van der Waals surface area (Å²) in [6.45, 7) is 12.1. The van der Waals surface area contributed by atoms with E-state index in [2.05, 4.69) is 37.5 Å². The van der Waals surface area contributed by atoms with Gasteiger partial charge in [-0.2, -0.15) is 0 Å². The topological polar surface area (TPSA) is 122 Å². The van der Waals surface area contributed by atoms with Crippen molar-refractivity contribution in [1.82, 2.24) is 9.80 Å². The largest absolute Gasteiger partial charge is 0.392 e. The van der Waals surface area contributed by atoms with Crippen molar-refractivity contribution < 1.29 is 30.0 Å². The quantitative estimate of drug-likeness (QED) is 0.0267. The monoisotopic (exact) mass is 885 g/mol. The molecule has 0 aromatic heterocycles. The summed E-state index contributed by atoms with van der Waals surface area (Å²) in [4.78, 5) is 29.6. The smallest absolute Gasteiger partial charge is 0.212 e. The lowest BCUT2D eigenvalue weighted by Crippen LogP contribution is -2.39. The van der Waals surface area contributed by atoms with Gasteiger partial charge in [0.2, 0.25) is 10.2 Å². The molecule has 4 atom stereocenters. The first-order valence-corrected chi connectivity index (χ1v) is 27.0. The highest BCUT2D eigenvalue weighted by Crippen LogP contribution is 2.16. The van der Waals surface area contributed by atoms with Gasteiger partial charge in [0.05, 0.1) is 24.4 Å². The number of aliphatic hydroxyl groups excluding tert-OH is 4. The summed E-state index contributed by atoms with van der Waals surface area (Å²) in [5.41, 5.74) is 0. The fourth-order valence-electron chi connectivity index (χ4n) is 7.63. The van der Waals surface area contributed by atoms with E-state index in [1.165, 1.54) is 138 Å². The van der Waals surface area contributed by atoms with Crippen molar-refractivity contribution in [2.24, 2.45) is 0 Å². The van der Waals surface area contributed by atoms with E-state index in [4.69, 9.17) is 0 Å². The van der Waals surface area contributed by atoms with Gasteiger partial charge >= 0.3 is 0 Å². The number of hydrogen-bond acceptors (Lipinski definition) is 10. The standard InChI is InChI=1S/C50H96N2O6S2/c1-5-9-13-17-21-25-31-45(53)41-51(42-46(54)32-26-22-18-14-10-6-2)37-39-59-49(57)35-29-30-36-50(58)60-40-38-52(43-47(55)33-27-23-19-15-11-7-3)44-48(56)34-28-24-20-16-12-8-4/h29-30,35-36,45-48,53-56H,5-28,31-34,37-44H2,1-4H3/b35-29+,36-30+. The van der Waals surface area contributed by atoms with Crippen molar-refractivity contribution in [1.29, 1.82) is 0 Å². The molecule has 0 bridgehead atoms. The molecule has 0 radical (unpaired) electrons. The third-order valence-electron chi connectivity index (χ3n) is 11.3. The minimum Gasteiger partial charge on any atom is -0.392 e. The number of hydrogen-bond donors (Lipinski definition) is 4. The molecule has 354 valence electrons.